The van der Waals surface area contributed by atoms with Crippen molar-refractivity contribution in [2.45, 2.75) is 58.5 Å². The predicted molar refractivity (Wildman–Crippen MR) is 146 cm³/mol. The number of hydrogen-bond donors (Lipinski definition) is 1. The molecular weight excluding hydrogens is 517 g/mol. The Bertz CT molecular complexity index is 1240. The van der Waals surface area contributed by atoms with Crippen molar-refractivity contribution in [2.24, 2.45) is 0 Å². The van der Waals surface area contributed by atoms with Gasteiger partial charge in [0.1, 0.15) is 21.2 Å². The van der Waals surface area contributed by atoms with Gasteiger partial charge in [0, 0.05) is 11.7 Å². The van der Waals surface area contributed by atoms with Crippen LogP contribution in [0.5, 0.6) is 5.75 Å². The highest BCUT2D eigenvalue weighted by Crippen LogP contribution is 2.37. The molecule has 3 aromatic rings. The van der Waals surface area contributed by atoms with Crippen LogP contribution in [-0.2, 0) is 4.79 Å². The molecule has 6 nitrogen and oxygen atoms in total. The highest BCUT2D eigenvalue weighted by molar-refractivity contribution is 7.11. The van der Waals surface area contributed by atoms with E-state index in [4.69, 9.17) is 27.9 Å². The number of carbonyl (C=O) groups excluding carboxylic acids is 2. The molecule has 0 bridgehead atoms. The van der Waals surface area contributed by atoms with Gasteiger partial charge in [-0.25, -0.2) is 0 Å². The van der Waals surface area contributed by atoms with Crippen molar-refractivity contribution in [3.8, 4) is 5.75 Å². The van der Waals surface area contributed by atoms with Gasteiger partial charge in [-0.3, -0.25) is 14.5 Å². The van der Waals surface area contributed by atoms with Gasteiger partial charge in [0.05, 0.1) is 6.61 Å². The summed E-state index contributed by atoms with van der Waals surface area (Å²) in [6.45, 7) is 6.35. The molecule has 0 aliphatic heterocycles. The summed E-state index contributed by atoms with van der Waals surface area (Å²) in [5.74, 6) is -0.0507. The van der Waals surface area contributed by atoms with Gasteiger partial charge in [-0.05, 0) is 80.0 Å². The van der Waals surface area contributed by atoms with Crippen LogP contribution in [0.2, 0.25) is 9.36 Å². The Morgan fingerprint density at radius 2 is 1.83 bits per heavy atom. The van der Waals surface area contributed by atoms with Crippen LogP contribution in [0.1, 0.15) is 65.8 Å². The predicted octanol–water partition coefficient (Wildman–Crippen LogP) is 6.91. The molecule has 190 valence electrons. The highest BCUT2D eigenvalue weighted by atomic mass is 35.5. The van der Waals surface area contributed by atoms with Gasteiger partial charge in [-0.1, -0.05) is 60.3 Å². The zero-order valence-electron chi connectivity index (χ0n) is 20.5. The van der Waals surface area contributed by atoms with Gasteiger partial charge >= 0.3 is 0 Å². The van der Waals surface area contributed by atoms with E-state index in [-0.39, 0.29) is 27.0 Å². The van der Waals surface area contributed by atoms with Gasteiger partial charge in [0.2, 0.25) is 5.91 Å². The highest BCUT2D eigenvalue weighted by Gasteiger charge is 2.37. The second-order valence-corrected chi connectivity index (χ2v) is 10.7. The first kappa shape index (κ1) is 26.5. The summed E-state index contributed by atoms with van der Waals surface area (Å²) in [5, 5.41) is 3.27. The molecule has 2 aromatic carbocycles. The minimum Gasteiger partial charge on any atom is -0.494 e. The van der Waals surface area contributed by atoms with Crippen LogP contribution >= 0.6 is 34.7 Å². The number of aryl methyl sites for hydroxylation is 1. The minimum atomic E-state index is -0.953. The molecule has 1 aliphatic carbocycles. The average molecular weight is 547 g/mol. The van der Waals surface area contributed by atoms with Gasteiger partial charge in [-0.15, -0.1) is 0 Å². The fourth-order valence-corrected chi connectivity index (χ4v) is 5.54. The summed E-state index contributed by atoms with van der Waals surface area (Å²) in [6.07, 6.45) is 4.00. The van der Waals surface area contributed by atoms with Crippen molar-refractivity contribution >= 4 is 52.2 Å². The van der Waals surface area contributed by atoms with Crippen molar-refractivity contribution in [3.05, 3.63) is 74.2 Å². The van der Waals surface area contributed by atoms with E-state index in [2.05, 4.69) is 9.69 Å². The largest absolute Gasteiger partial charge is 0.494 e. The third-order valence-corrected chi connectivity index (χ3v) is 8.18. The number of anilines is 1. The van der Waals surface area contributed by atoms with Crippen molar-refractivity contribution in [2.75, 3.05) is 11.5 Å². The monoisotopic (exact) mass is 545 g/mol. The molecule has 1 aromatic heterocycles. The topological polar surface area (TPSA) is 71.5 Å². The molecule has 1 atom stereocenters. The van der Waals surface area contributed by atoms with E-state index in [1.54, 1.807) is 0 Å². The zero-order valence-corrected chi connectivity index (χ0v) is 22.8. The van der Waals surface area contributed by atoms with Crippen LogP contribution in [0.15, 0.2) is 42.5 Å². The van der Waals surface area contributed by atoms with Crippen LogP contribution in [0, 0.1) is 13.8 Å². The number of hydrogen-bond acceptors (Lipinski definition) is 5. The normalized spacial score (nSPS) is 14.5. The first-order chi connectivity index (χ1) is 17.3. The summed E-state index contributed by atoms with van der Waals surface area (Å²) >= 11 is 13.5. The number of benzene rings is 2. The number of rotatable bonds is 8. The van der Waals surface area contributed by atoms with E-state index < -0.39 is 11.9 Å². The molecule has 0 spiro atoms. The molecule has 1 heterocycles. The molecule has 9 heteroatoms. The minimum absolute atomic E-state index is 0.0252. The summed E-state index contributed by atoms with van der Waals surface area (Å²) in [6, 6.07) is 12.1. The summed E-state index contributed by atoms with van der Waals surface area (Å²) in [5.41, 5.74) is 3.17. The van der Waals surface area contributed by atoms with E-state index in [9.17, 15) is 9.59 Å². The first-order valence-electron chi connectivity index (χ1n) is 12.0. The first-order valence-corrected chi connectivity index (χ1v) is 13.6. The molecule has 4 rings (SSSR count). The molecule has 2 amide bonds. The lowest BCUT2D eigenvalue weighted by atomic mass is 9.99. The smallest absolute Gasteiger partial charge is 0.280 e. The van der Waals surface area contributed by atoms with E-state index >= 15 is 0 Å². The van der Waals surface area contributed by atoms with Crippen molar-refractivity contribution in [1.82, 2.24) is 9.69 Å². The Morgan fingerprint density at radius 1 is 1.14 bits per heavy atom. The maximum Gasteiger partial charge on any atom is 0.280 e. The van der Waals surface area contributed by atoms with Gasteiger partial charge in [0.25, 0.3) is 5.91 Å². The van der Waals surface area contributed by atoms with Gasteiger partial charge in [0.15, 0.2) is 5.69 Å². The average Bonchev–Trinajstić information content (AvgIpc) is 3.49. The lowest BCUT2D eigenvalue weighted by Crippen LogP contribution is -2.46. The molecule has 36 heavy (non-hydrogen) atoms. The molecule has 1 saturated carbocycles. The second kappa shape index (κ2) is 11.6. The number of carbonyl (C=O) groups is 2. The number of nitrogens with zero attached hydrogens (tertiary/aromatic N) is 2. The van der Waals surface area contributed by atoms with Gasteiger partial charge < -0.3 is 10.1 Å². The van der Waals surface area contributed by atoms with Crippen LogP contribution in [0.4, 0.5) is 5.69 Å². The number of ether oxygens (including phenoxy) is 1. The quantitative estimate of drug-likeness (QED) is 0.333. The summed E-state index contributed by atoms with van der Waals surface area (Å²) in [4.78, 5) is 29.5. The number of halogens is 2. The van der Waals surface area contributed by atoms with Gasteiger partial charge in [-0.2, -0.15) is 4.37 Å². The third kappa shape index (κ3) is 5.53. The SMILES string of the molecule is CCOc1ccc([C@@H](C(=O)NC2CCCC2)N(C(=O)c2nsc(Cl)c2Cl)c2cccc(C)c2C)cc1. The number of nitrogens with one attached hydrogen (secondary N) is 1. The van der Waals surface area contributed by atoms with Crippen LogP contribution in [-0.4, -0.2) is 28.8 Å². The number of amides is 2. The number of aromatic nitrogens is 1. The Balaban J connectivity index is 1.86. The van der Waals surface area contributed by atoms with E-state index in [1.807, 2.05) is 63.2 Å². The molecular formula is C27H29Cl2N3O3S. The fraction of sp³-hybridized carbons (Fsp3) is 0.370. The van der Waals surface area contributed by atoms with E-state index in [1.165, 1.54) is 4.90 Å². The Hall–Kier alpha value is -2.61. The lowest BCUT2D eigenvalue weighted by molar-refractivity contribution is -0.123. The molecule has 0 radical (unpaired) electrons. The maximum absolute atomic E-state index is 14.1. The van der Waals surface area contributed by atoms with Crippen LogP contribution in [0.3, 0.4) is 0 Å². The standard InChI is InChI=1S/C27H29Cl2N3O3S/c1-4-35-20-14-12-18(13-15-20)24(26(33)30-19-9-5-6-10-19)32(21-11-7-8-16(2)17(21)3)27(34)23-22(28)25(29)36-31-23/h7-8,11-15,19,24H,4-6,9-10H2,1-3H3,(H,30,33)/t24-/m0/s1. The second-order valence-electron chi connectivity index (χ2n) is 8.91. The van der Waals surface area contributed by atoms with Crippen molar-refractivity contribution < 1.29 is 14.3 Å². The third-order valence-electron chi connectivity index (χ3n) is 6.57. The molecule has 0 unspecified atom stereocenters. The van der Waals surface area contributed by atoms with Crippen molar-refractivity contribution in [1.29, 1.82) is 0 Å². The zero-order chi connectivity index (χ0) is 25.8. The van der Waals surface area contributed by atoms with Crippen molar-refractivity contribution in [3.63, 3.8) is 0 Å². The van der Waals surface area contributed by atoms with E-state index in [0.29, 0.717) is 23.6 Å². The molecule has 0 saturated heterocycles. The summed E-state index contributed by atoms with van der Waals surface area (Å²) in [7, 11) is 0. The fourth-order valence-electron chi connectivity index (χ4n) is 4.55. The molecule has 1 aliphatic rings. The molecule has 1 fully saturated rings. The Kier molecular flexibility index (Phi) is 8.54. The Morgan fingerprint density at radius 3 is 2.44 bits per heavy atom. The maximum atomic E-state index is 14.1. The van der Waals surface area contributed by atoms with E-state index in [0.717, 1.165) is 48.3 Å². The lowest BCUT2D eigenvalue weighted by Gasteiger charge is -2.33. The van der Waals surface area contributed by atoms with Crippen LogP contribution < -0.4 is 15.0 Å². The van der Waals surface area contributed by atoms with Crippen LogP contribution in [0.25, 0.3) is 0 Å². The summed E-state index contributed by atoms with van der Waals surface area (Å²) < 4.78 is 10.1. The Labute approximate surface area is 225 Å². The molecule has 1 N–H and O–H groups in total.